The van der Waals surface area contributed by atoms with Gasteiger partial charge in [-0.3, -0.25) is 0 Å². The molecule has 1 N–H and O–H groups in total. The van der Waals surface area contributed by atoms with Crippen molar-refractivity contribution in [3.05, 3.63) is 52.3 Å². The maximum atomic E-state index is 13.8. The highest BCUT2D eigenvalue weighted by atomic mass is 79.9. The number of aromatic nitrogens is 1. The number of aromatic carboxylic acids is 1. The van der Waals surface area contributed by atoms with E-state index in [9.17, 15) is 9.18 Å². The highest BCUT2D eigenvalue weighted by molar-refractivity contribution is 9.10. The van der Waals surface area contributed by atoms with Crippen molar-refractivity contribution in [2.75, 3.05) is 0 Å². The molecular weight excluding hydrogens is 329 g/mol. The monoisotopic (exact) mass is 335 g/mol. The third-order valence-electron chi connectivity index (χ3n) is 2.80. The van der Waals surface area contributed by atoms with Crippen LogP contribution >= 0.6 is 15.9 Å². The molecule has 3 aromatic rings. The number of hydrogen-bond donors (Lipinski definition) is 1. The maximum Gasteiger partial charge on any atom is 0.335 e. The standard InChI is InChI=1S/C14H7BrFNO3/c15-8-2-3-9(10(16)6-8)13-17-11-5-7(14(18)19)1-4-12(11)20-13/h1-6H,(H,18,19). The van der Waals surface area contributed by atoms with E-state index in [-0.39, 0.29) is 17.0 Å². The van der Waals surface area contributed by atoms with E-state index < -0.39 is 11.8 Å². The van der Waals surface area contributed by atoms with Gasteiger partial charge in [-0.15, -0.1) is 0 Å². The van der Waals surface area contributed by atoms with Crippen LogP contribution in [-0.4, -0.2) is 16.1 Å². The fraction of sp³-hybridized carbons (Fsp3) is 0. The van der Waals surface area contributed by atoms with E-state index in [2.05, 4.69) is 20.9 Å². The van der Waals surface area contributed by atoms with Gasteiger partial charge >= 0.3 is 5.97 Å². The van der Waals surface area contributed by atoms with Crippen molar-refractivity contribution in [1.29, 1.82) is 0 Å². The molecule has 2 aromatic carbocycles. The quantitative estimate of drug-likeness (QED) is 0.765. The first kappa shape index (κ1) is 12.8. The number of carboxylic acids is 1. The first-order valence-corrected chi connectivity index (χ1v) is 6.43. The summed E-state index contributed by atoms with van der Waals surface area (Å²) in [5, 5.41) is 8.92. The molecule has 0 spiro atoms. The number of carbonyl (C=O) groups is 1. The van der Waals surface area contributed by atoms with Gasteiger partial charge in [-0.1, -0.05) is 15.9 Å². The highest BCUT2D eigenvalue weighted by Gasteiger charge is 2.14. The fourth-order valence-corrected chi connectivity index (χ4v) is 2.17. The van der Waals surface area contributed by atoms with Crippen LogP contribution in [0, 0.1) is 5.82 Å². The van der Waals surface area contributed by atoms with Crippen molar-refractivity contribution in [3.8, 4) is 11.5 Å². The molecule has 0 aliphatic carbocycles. The van der Waals surface area contributed by atoms with E-state index in [1.807, 2.05) is 0 Å². The first-order chi connectivity index (χ1) is 9.54. The van der Waals surface area contributed by atoms with E-state index >= 15 is 0 Å². The average molecular weight is 336 g/mol. The van der Waals surface area contributed by atoms with Gasteiger partial charge in [-0.2, -0.15) is 0 Å². The van der Waals surface area contributed by atoms with Crippen LogP contribution in [0.1, 0.15) is 10.4 Å². The smallest absolute Gasteiger partial charge is 0.335 e. The van der Waals surface area contributed by atoms with Gasteiger partial charge in [0.25, 0.3) is 0 Å². The summed E-state index contributed by atoms with van der Waals surface area (Å²) >= 11 is 3.17. The Balaban J connectivity index is 2.15. The van der Waals surface area contributed by atoms with E-state index in [1.54, 1.807) is 12.1 Å². The lowest BCUT2D eigenvalue weighted by molar-refractivity contribution is 0.0697. The van der Waals surface area contributed by atoms with E-state index in [1.165, 1.54) is 24.3 Å². The lowest BCUT2D eigenvalue weighted by Gasteiger charge is -1.97. The van der Waals surface area contributed by atoms with Gasteiger partial charge in [0.2, 0.25) is 5.89 Å². The Morgan fingerprint density at radius 3 is 2.75 bits per heavy atom. The highest BCUT2D eigenvalue weighted by Crippen LogP contribution is 2.28. The van der Waals surface area contributed by atoms with Crippen molar-refractivity contribution >= 4 is 33.0 Å². The normalized spacial score (nSPS) is 10.9. The van der Waals surface area contributed by atoms with Crippen molar-refractivity contribution in [2.24, 2.45) is 0 Å². The Labute approximate surface area is 121 Å². The minimum atomic E-state index is -1.05. The van der Waals surface area contributed by atoms with Crippen LogP contribution < -0.4 is 0 Å². The Morgan fingerprint density at radius 1 is 1.25 bits per heavy atom. The van der Waals surface area contributed by atoms with E-state index in [0.717, 1.165) is 0 Å². The van der Waals surface area contributed by atoms with Crippen molar-refractivity contribution in [2.45, 2.75) is 0 Å². The zero-order valence-corrected chi connectivity index (χ0v) is 11.5. The molecule has 6 heteroatoms. The summed E-state index contributed by atoms with van der Waals surface area (Å²) in [6, 6.07) is 8.84. The summed E-state index contributed by atoms with van der Waals surface area (Å²) in [5.41, 5.74) is 1.12. The van der Waals surface area contributed by atoms with Crippen molar-refractivity contribution in [1.82, 2.24) is 4.98 Å². The van der Waals surface area contributed by atoms with Crippen LogP contribution in [0.2, 0.25) is 0 Å². The molecule has 1 aromatic heterocycles. The van der Waals surface area contributed by atoms with Gasteiger partial charge in [0, 0.05) is 4.47 Å². The summed E-state index contributed by atoms with van der Waals surface area (Å²) in [6.45, 7) is 0. The molecule has 0 saturated heterocycles. The Kier molecular flexibility index (Phi) is 3.02. The van der Waals surface area contributed by atoms with Gasteiger partial charge in [-0.25, -0.2) is 14.2 Å². The fourth-order valence-electron chi connectivity index (χ4n) is 1.84. The number of carboxylic acid groups (broad SMARTS) is 1. The van der Waals surface area contributed by atoms with Crippen LogP contribution in [0.5, 0.6) is 0 Å². The predicted molar refractivity (Wildman–Crippen MR) is 74.1 cm³/mol. The molecule has 0 unspecified atom stereocenters. The lowest BCUT2D eigenvalue weighted by Crippen LogP contribution is -1.94. The number of rotatable bonds is 2. The van der Waals surface area contributed by atoms with Gasteiger partial charge in [0.15, 0.2) is 5.58 Å². The number of hydrogen-bond acceptors (Lipinski definition) is 3. The molecule has 4 nitrogen and oxygen atoms in total. The van der Waals surface area contributed by atoms with Crippen molar-refractivity contribution < 1.29 is 18.7 Å². The maximum absolute atomic E-state index is 13.8. The average Bonchev–Trinajstić information content (AvgIpc) is 2.80. The first-order valence-electron chi connectivity index (χ1n) is 5.64. The summed E-state index contributed by atoms with van der Waals surface area (Å²) in [7, 11) is 0. The Hall–Kier alpha value is -2.21. The molecule has 3 rings (SSSR count). The molecule has 0 fully saturated rings. The molecule has 0 atom stereocenters. The molecule has 0 amide bonds. The second kappa shape index (κ2) is 4.72. The molecule has 0 aliphatic heterocycles. The van der Waals surface area contributed by atoms with E-state index in [4.69, 9.17) is 9.52 Å². The Morgan fingerprint density at radius 2 is 2.05 bits per heavy atom. The second-order valence-electron chi connectivity index (χ2n) is 4.13. The number of nitrogens with zero attached hydrogens (tertiary/aromatic N) is 1. The molecule has 20 heavy (non-hydrogen) atoms. The largest absolute Gasteiger partial charge is 0.478 e. The zero-order valence-electron chi connectivity index (χ0n) is 9.93. The molecule has 0 aliphatic rings. The van der Waals surface area contributed by atoms with Crippen LogP contribution in [0.25, 0.3) is 22.6 Å². The molecule has 0 bridgehead atoms. The minimum absolute atomic E-state index is 0.105. The third-order valence-corrected chi connectivity index (χ3v) is 3.29. The van der Waals surface area contributed by atoms with Crippen LogP contribution in [0.15, 0.2) is 45.3 Å². The van der Waals surface area contributed by atoms with Gasteiger partial charge in [0.05, 0.1) is 11.1 Å². The summed E-state index contributed by atoms with van der Waals surface area (Å²) in [5.74, 6) is -1.40. The van der Waals surface area contributed by atoms with Crippen molar-refractivity contribution in [3.63, 3.8) is 0 Å². The second-order valence-corrected chi connectivity index (χ2v) is 5.05. The van der Waals surface area contributed by atoms with Crippen LogP contribution in [-0.2, 0) is 0 Å². The van der Waals surface area contributed by atoms with Crippen LogP contribution in [0.3, 0.4) is 0 Å². The minimum Gasteiger partial charge on any atom is -0.478 e. The van der Waals surface area contributed by atoms with E-state index in [0.29, 0.717) is 15.6 Å². The number of benzene rings is 2. The molecular formula is C14H7BrFNO3. The third kappa shape index (κ3) is 2.18. The van der Waals surface area contributed by atoms with Gasteiger partial charge < -0.3 is 9.52 Å². The Bertz CT molecular complexity index is 828. The predicted octanol–water partition coefficient (Wildman–Crippen LogP) is 4.09. The number of oxazole rings is 1. The van der Waals surface area contributed by atoms with Gasteiger partial charge in [0.1, 0.15) is 11.3 Å². The summed E-state index contributed by atoms with van der Waals surface area (Å²) in [4.78, 5) is 15.0. The SMILES string of the molecule is O=C(O)c1ccc2oc(-c3ccc(Br)cc3F)nc2c1. The lowest BCUT2D eigenvalue weighted by atomic mass is 10.2. The molecule has 0 radical (unpaired) electrons. The topological polar surface area (TPSA) is 63.3 Å². The number of halogens is 2. The molecule has 100 valence electrons. The summed E-state index contributed by atoms with van der Waals surface area (Å²) in [6.07, 6.45) is 0. The summed E-state index contributed by atoms with van der Waals surface area (Å²) < 4.78 is 19.9. The molecule has 1 heterocycles. The number of fused-ring (bicyclic) bond motifs is 1. The zero-order chi connectivity index (χ0) is 14.3. The molecule has 0 saturated carbocycles. The van der Waals surface area contributed by atoms with Crippen LogP contribution in [0.4, 0.5) is 4.39 Å². The van der Waals surface area contributed by atoms with Gasteiger partial charge in [-0.05, 0) is 36.4 Å².